The summed E-state index contributed by atoms with van der Waals surface area (Å²) in [7, 11) is 0. The molecule has 0 saturated heterocycles. The maximum absolute atomic E-state index is 6.53. The number of rotatable bonds is 3. The molecule has 2 nitrogen and oxygen atoms in total. The van der Waals surface area contributed by atoms with Crippen molar-refractivity contribution in [2.75, 3.05) is 0 Å². The van der Waals surface area contributed by atoms with Crippen molar-refractivity contribution in [3.05, 3.63) is 77.5 Å². The van der Waals surface area contributed by atoms with Crippen LogP contribution in [0.1, 0.15) is 55.3 Å². The maximum atomic E-state index is 6.53. The molecule has 2 aromatic carbocycles. The first kappa shape index (κ1) is 17.6. The quantitative estimate of drug-likeness (QED) is 0.574. The minimum atomic E-state index is -0.109. The van der Waals surface area contributed by atoms with E-state index < -0.39 is 0 Å². The van der Waals surface area contributed by atoms with Crippen molar-refractivity contribution in [1.29, 1.82) is 0 Å². The number of benzene rings is 2. The Morgan fingerprint density at radius 2 is 1.50 bits per heavy atom. The van der Waals surface area contributed by atoms with E-state index in [9.17, 15) is 0 Å². The molecule has 0 spiro atoms. The van der Waals surface area contributed by atoms with Crippen LogP contribution in [-0.2, 0) is 18.4 Å². The van der Waals surface area contributed by atoms with Gasteiger partial charge >= 0.3 is 0 Å². The van der Waals surface area contributed by atoms with Crippen LogP contribution in [0.2, 0.25) is 0 Å². The predicted molar refractivity (Wildman–Crippen MR) is 116 cm³/mol. The lowest BCUT2D eigenvalue weighted by molar-refractivity contribution is 0.253. The fourth-order valence-corrected chi connectivity index (χ4v) is 4.67. The first-order valence-electron chi connectivity index (χ1n) is 10.7. The van der Waals surface area contributed by atoms with Gasteiger partial charge in [-0.15, -0.1) is 0 Å². The van der Waals surface area contributed by atoms with E-state index in [1.807, 2.05) is 0 Å². The van der Waals surface area contributed by atoms with Gasteiger partial charge in [0.05, 0.1) is 5.69 Å². The summed E-state index contributed by atoms with van der Waals surface area (Å²) in [5, 5.41) is 0. The molecular weight excluding hydrogens is 340 g/mol. The molecule has 0 unspecified atom stereocenters. The molecule has 0 radical (unpaired) electrons. The van der Waals surface area contributed by atoms with Crippen LogP contribution in [0.5, 0.6) is 0 Å². The fourth-order valence-electron chi connectivity index (χ4n) is 4.67. The largest absolute Gasteiger partial charge is 0.321 e. The maximum Gasteiger partial charge on any atom is 0.0783 e. The number of fused-ring (bicyclic) bond motifs is 1. The van der Waals surface area contributed by atoms with Crippen molar-refractivity contribution in [3.63, 3.8) is 0 Å². The van der Waals surface area contributed by atoms with Crippen LogP contribution in [0.25, 0.3) is 22.4 Å². The number of aromatic nitrogens is 1. The summed E-state index contributed by atoms with van der Waals surface area (Å²) in [6.07, 6.45) is 9.51. The fraction of sp³-hybridized carbons (Fsp3) is 0.346. The molecule has 3 aromatic rings. The number of nitrogens with zero attached hydrogens (tertiary/aromatic N) is 1. The smallest absolute Gasteiger partial charge is 0.0783 e. The molecular formula is C26H28N2. The van der Waals surface area contributed by atoms with Gasteiger partial charge in [-0.1, -0.05) is 61.0 Å². The molecule has 2 aliphatic rings. The van der Waals surface area contributed by atoms with Crippen molar-refractivity contribution in [1.82, 2.24) is 4.98 Å². The van der Waals surface area contributed by atoms with E-state index in [-0.39, 0.29) is 5.54 Å². The van der Waals surface area contributed by atoms with Gasteiger partial charge in [0.2, 0.25) is 0 Å². The summed E-state index contributed by atoms with van der Waals surface area (Å²) in [5.41, 5.74) is 15.2. The Labute approximate surface area is 167 Å². The second kappa shape index (κ2) is 7.18. The van der Waals surface area contributed by atoms with Crippen molar-refractivity contribution in [3.8, 4) is 22.4 Å². The zero-order valence-electron chi connectivity index (χ0n) is 16.5. The average Bonchev–Trinajstić information content (AvgIpc) is 2.97. The summed E-state index contributed by atoms with van der Waals surface area (Å²) in [6.45, 7) is 0. The SMILES string of the molecule is NC1(c2ccc(-c3nc4c(cc3-c3ccccc3)CCCCC4)cc2)CCC1. The van der Waals surface area contributed by atoms with Crippen LogP contribution in [0, 0.1) is 0 Å². The molecule has 0 bridgehead atoms. The Hall–Kier alpha value is -2.45. The van der Waals surface area contributed by atoms with E-state index in [1.54, 1.807) is 0 Å². The molecule has 2 N–H and O–H groups in total. The Bertz CT molecular complexity index is 969. The first-order valence-corrected chi connectivity index (χ1v) is 10.7. The summed E-state index contributed by atoms with van der Waals surface area (Å²) in [6, 6.07) is 22.0. The molecule has 1 saturated carbocycles. The highest BCUT2D eigenvalue weighted by Crippen LogP contribution is 2.40. The Balaban J connectivity index is 1.62. The van der Waals surface area contributed by atoms with E-state index >= 15 is 0 Å². The van der Waals surface area contributed by atoms with Crippen LogP contribution >= 0.6 is 0 Å². The van der Waals surface area contributed by atoms with E-state index in [0.717, 1.165) is 31.4 Å². The molecule has 28 heavy (non-hydrogen) atoms. The third-order valence-corrected chi connectivity index (χ3v) is 6.61. The van der Waals surface area contributed by atoms with Crippen molar-refractivity contribution >= 4 is 0 Å². The highest BCUT2D eigenvalue weighted by atomic mass is 14.8. The van der Waals surface area contributed by atoms with Gasteiger partial charge in [-0.25, -0.2) is 0 Å². The first-order chi connectivity index (χ1) is 13.7. The summed E-state index contributed by atoms with van der Waals surface area (Å²) >= 11 is 0. The molecule has 142 valence electrons. The monoisotopic (exact) mass is 368 g/mol. The van der Waals surface area contributed by atoms with Crippen molar-refractivity contribution in [2.24, 2.45) is 5.73 Å². The lowest BCUT2D eigenvalue weighted by Gasteiger charge is -2.38. The third kappa shape index (κ3) is 3.16. The van der Waals surface area contributed by atoms with Crippen LogP contribution in [0.15, 0.2) is 60.7 Å². The number of pyridine rings is 1. The molecule has 0 amide bonds. The van der Waals surface area contributed by atoms with Gasteiger partial charge in [0.25, 0.3) is 0 Å². The zero-order chi connectivity index (χ0) is 19.0. The standard InChI is InChI=1S/C26H28N2/c27-26(16-7-17-26)22-14-12-20(13-15-22)25-23(19-8-3-1-4-9-19)18-21-10-5-2-6-11-24(21)28-25/h1,3-4,8-9,12-15,18H,2,5-7,10-11,16-17,27H2. The molecule has 0 aliphatic heterocycles. The highest BCUT2D eigenvalue weighted by molar-refractivity contribution is 5.81. The molecule has 1 fully saturated rings. The summed E-state index contributed by atoms with van der Waals surface area (Å²) < 4.78 is 0. The van der Waals surface area contributed by atoms with Crippen LogP contribution in [0.3, 0.4) is 0 Å². The van der Waals surface area contributed by atoms with Crippen LogP contribution in [0.4, 0.5) is 0 Å². The molecule has 2 aliphatic carbocycles. The normalized spacial score (nSPS) is 18.0. The predicted octanol–water partition coefficient (Wildman–Crippen LogP) is 6.02. The Morgan fingerprint density at radius 3 is 2.21 bits per heavy atom. The summed E-state index contributed by atoms with van der Waals surface area (Å²) in [4.78, 5) is 5.21. The molecule has 2 heteroatoms. The molecule has 0 atom stereocenters. The second-order valence-corrected chi connectivity index (χ2v) is 8.50. The zero-order valence-corrected chi connectivity index (χ0v) is 16.5. The topological polar surface area (TPSA) is 38.9 Å². The lowest BCUT2D eigenvalue weighted by atomic mass is 9.72. The van der Waals surface area contributed by atoms with Crippen molar-refractivity contribution in [2.45, 2.75) is 56.9 Å². The van der Waals surface area contributed by atoms with E-state index in [4.69, 9.17) is 10.7 Å². The lowest BCUT2D eigenvalue weighted by Crippen LogP contribution is -2.43. The molecule has 1 aromatic heterocycles. The number of hydrogen-bond donors (Lipinski definition) is 1. The van der Waals surface area contributed by atoms with Crippen LogP contribution in [-0.4, -0.2) is 4.98 Å². The minimum Gasteiger partial charge on any atom is -0.321 e. The molecule has 5 rings (SSSR count). The number of aryl methyl sites for hydroxylation is 2. The number of hydrogen-bond acceptors (Lipinski definition) is 2. The van der Waals surface area contributed by atoms with Gasteiger partial charge in [0, 0.05) is 22.4 Å². The van der Waals surface area contributed by atoms with Crippen LogP contribution < -0.4 is 5.73 Å². The summed E-state index contributed by atoms with van der Waals surface area (Å²) in [5.74, 6) is 0. The number of nitrogens with two attached hydrogens (primary N) is 1. The van der Waals surface area contributed by atoms with E-state index in [2.05, 4.69) is 60.7 Å². The average molecular weight is 369 g/mol. The highest BCUT2D eigenvalue weighted by Gasteiger charge is 2.34. The van der Waals surface area contributed by atoms with Gasteiger partial charge < -0.3 is 5.73 Å². The molecule has 1 heterocycles. The van der Waals surface area contributed by atoms with Gasteiger partial charge in [-0.3, -0.25) is 4.98 Å². The van der Waals surface area contributed by atoms with Gasteiger partial charge in [0.1, 0.15) is 0 Å². The Morgan fingerprint density at radius 1 is 0.750 bits per heavy atom. The minimum absolute atomic E-state index is 0.109. The van der Waals surface area contributed by atoms with E-state index in [0.29, 0.717) is 0 Å². The van der Waals surface area contributed by atoms with Crippen molar-refractivity contribution < 1.29 is 0 Å². The Kier molecular flexibility index (Phi) is 4.52. The third-order valence-electron chi connectivity index (χ3n) is 6.61. The second-order valence-electron chi connectivity index (χ2n) is 8.50. The van der Waals surface area contributed by atoms with Gasteiger partial charge in [0.15, 0.2) is 0 Å². The van der Waals surface area contributed by atoms with E-state index in [1.165, 1.54) is 59.2 Å². The van der Waals surface area contributed by atoms with Gasteiger partial charge in [-0.05, 0) is 67.7 Å². The van der Waals surface area contributed by atoms with Gasteiger partial charge in [-0.2, -0.15) is 0 Å².